The summed E-state index contributed by atoms with van der Waals surface area (Å²) in [6.45, 7) is 5.02. The second kappa shape index (κ2) is 10.4. The Morgan fingerprint density at radius 1 is 1.21 bits per heavy atom. The van der Waals surface area contributed by atoms with Gasteiger partial charge in [0.05, 0.1) is 6.61 Å². The largest absolute Gasteiger partial charge is 0.483 e. The Bertz CT molecular complexity index is 853. The van der Waals surface area contributed by atoms with E-state index < -0.39 is 0 Å². The minimum atomic E-state index is -0.324. The average molecular weight is 399 g/mol. The van der Waals surface area contributed by atoms with Crippen molar-refractivity contribution in [2.75, 3.05) is 6.61 Å². The summed E-state index contributed by atoms with van der Waals surface area (Å²) < 4.78 is 17.1. The smallest absolute Gasteiger partial charge is 0.224 e. The van der Waals surface area contributed by atoms with Gasteiger partial charge in [0.2, 0.25) is 5.43 Å². The number of nitrogens with one attached hydrogen (secondary N) is 1. The van der Waals surface area contributed by atoms with E-state index in [0.717, 1.165) is 24.8 Å². The van der Waals surface area contributed by atoms with Crippen LogP contribution in [0.25, 0.3) is 0 Å². The highest BCUT2D eigenvalue weighted by Gasteiger charge is 2.20. The fraction of sp³-hybridized carbons (Fsp3) is 0.478. The average Bonchev–Trinajstić information content (AvgIpc) is 2.72. The van der Waals surface area contributed by atoms with E-state index in [1.54, 1.807) is 0 Å². The first kappa shape index (κ1) is 21.3. The van der Waals surface area contributed by atoms with Crippen LogP contribution in [0.15, 0.2) is 41.2 Å². The van der Waals surface area contributed by atoms with Gasteiger partial charge in [-0.2, -0.15) is 0 Å². The van der Waals surface area contributed by atoms with Crippen molar-refractivity contribution in [1.29, 1.82) is 0 Å². The summed E-state index contributed by atoms with van der Waals surface area (Å²) in [6.07, 6.45) is 3.00. The fourth-order valence-electron chi connectivity index (χ4n) is 3.25. The van der Waals surface area contributed by atoms with Gasteiger partial charge in [-0.05, 0) is 30.7 Å². The lowest BCUT2D eigenvalue weighted by Gasteiger charge is -2.22. The molecule has 0 spiro atoms. The number of H-pyrrole nitrogens is 1. The molecule has 29 heavy (non-hydrogen) atoms. The summed E-state index contributed by atoms with van der Waals surface area (Å²) in [7, 11) is 0. The van der Waals surface area contributed by atoms with E-state index in [-0.39, 0.29) is 48.1 Å². The maximum Gasteiger partial charge on any atom is 0.224 e. The zero-order chi connectivity index (χ0) is 20.6. The minimum absolute atomic E-state index is 0.0668. The van der Waals surface area contributed by atoms with Crippen LogP contribution in [0.5, 0.6) is 5.75 Å². The van der Waals surface area contributed by atoms with Gasteiger partial charge in [-0.1, -0.05) is 44.2 Å². The summed E-state index contributed by atoms with van der Waals surface area (Å²) in [6, 6.07) is 11.0. The maximum absolute atomic E-state index is 12.8. The lowest BCUT2D eigenvalue weighted by molar-refractivity contribution is -0.169. The molecule has 1 aromatic carbocycles. The van der Waals surface area contributed by atoms with Gasteiger partial charge < -0.3 is 19.2 Å². The number of pyridine rings is 1. The molecule has 1 aromatic heterocycles. The lowest BCUT2D eigenvalue weighted by Crippen LogP contribution is -2.23. The number of hydrogen-bond acceptors (Lipinski definition) is 5. The standard InChI is InChI=1S/C23H29NO5/c1-16(2)12-19(25)22-23(29-14-17-8-4-3-5-9-17)20(26)13-18(24-22)15-28-21-10-6-7-11-27-21/h3-5,8-9,13,16,21H,6-7,10-12,14-15H2,1-2H3,(H,24,26). The molecule has 1 saturated heterocycles. The molecule has 1 N–H and O–H groups in total. The molecule has 0 bridgehead atoms. The van der Waals surface area contributed by atoms with Gasteiger partial charge in [0, 0.05) is 24.8 Å². The first-order valence-electron chi connectivity index (χ1n) is 10.2. The van der Waals surface area contributed by atoms with Crippen LogP contribution in [0.3, 0.4) is 0 Å². The molecule has 3 rings (SSSR count). The molecule has 0 amide bonds. The second-order valence-corrected chi connectivity index (χ2v) is 7.77. The van der Waals surface area contributed by atoms with Crippen LogP contribution in [0.4, 0.5) is 0 Å². The molecule has 1 unspecified atom stereocenters. The molecule has 156 valence electrons. The van der Waals surface area contributed by atoms with Crippen molar-refractivity contribution in [2.45, 2.75) is 59.0 Å². The number of aromatic amines is 1. The van der Waals surface area contributed by atoms with Crippen LogP contribution in [0.1, 0.15) is 61.3 Å². The van der Waals surface area contributed by atoms with Crippen molar-refractivity contribution in [2.24, 2.45) is 5.92 Å². The molecular weight excluding hydrogens is 370 g/mol. The highest BCUT2D eigenvalue weighted by atomic mass is 16.7. The number of aromatic nitrogens is 1. The summed E-state index contributed by atoms with van der Waals surface area (Å²) in [4.78, 5) is 28.6. The van der Waals surface area contributed by atoms with Crippen LogP contribution in [0.2, 0.25) is 0 Å². The molecule has 6 heteroatoms. The van der Waals surface area contributed by atoms with Gasteiger partial charge in [0.1, 0.15) is 12.3 Å². The number of ketones is 1. The fourth-order valence-corrected chi connectivity index (χ4v) is 3.25. The normalized spacial score (nSPS) is 16.7. The van der Waals surface area contributed by atoms with E-state index in [1.165, 1.54) is 6.07 Å². The van der Waals surface area contributed by atoms with Crippen molar-refractivity contribution in [3.05, 3.63) is 63.6 Å². The number of benzene rings is 1. The minimum Gasteiger partial charge on any atom is -0.483 e. The van der Waals surface area contributed by atoms with Crippen molar-refractivity contribution < 1.29 is 19.0 Å². The molecule has 0 radical (unpaired) electrons. The Morgan fingerprint density at radius 3 is 2.69 bits per heavy atom. The molecule has 0 saturated carbocycles. The summed E-state index contributed by atoms with van der Waals surface area (Å²) in [5, 5.41) is 0. The van der Waals surface area contributed by atoms with E-state index in [2.05, 4.69) is 4.98 Å². The molecule has 1 atom stereocenters. The van der Waals surface area contributed by atoms with Gasteiger partial charge in [0.25, 0.3) is 0 Å². The van der Waals surface area contributed by atoms with Gasteiger partial charge in [-0.25, -0.2) is 0 Å². The van der Waals surface area contributed by atoms with E-state index in [0.29, 0.717) is 18.7 Å². The van der Waals surface area contributed by atoms with Crippen LogP contribution >= 0.6 is 0 Å². The van der Waals surface area contributed by atoms with Crippen LogP contribution in [-0.4, -0.2) is 23.7 Å². The number of carbonyl (C=O) groups excluding carboxylic acids is 1. The third-order valence-corrected chi connectivity index (χ3v) is 4.70. The van der Waals surface area contributed by atoms with Crippen molar-refractivity contribution in [3.8, 4) is 5.75 Å². The SMILES string of the molecule is CC(C)CC(=O)c1[nH]c(COC2CCCCO2)cc(=O)c1OCc1ccccc1. The number of hydrogen-bond donors (Lipinski definition) is 1. The van der Waals surface area contributed by atoms with Gasteiger partial charge in [-0.15, -0.1) is 0 Å². The molecule has 1 aliphatic heterocycles. The van der Waals surface area contributed by atoms with Crippen molar-refractivity contribution in [3.63, 3.8) is 0 Å². The molecule has 2 heterocycles. The lowest BCUT2D eigenvalue weighted by atomic mass is 10.0. The van der Waals surface area contributed by atoms with E-state index in [4.69, 9.17) is 14.2 Å². The molecule has 1 aliphatic rings. The first-order valence-corrected chi connectivity index (χ1v) is 10.2. The number of Topliss-reactive ketones (excluding diaryl/α,β-unsaturated/α-hetero) is 1. The van der Waals surface area contributed by atoms with E-state index in [9.17, 15) is 9.59 Å². The quantitative estimate of drug-likeness (QED) is 0.639. The van der Waals surface area contributed by atoms with Crippen molar-refractivity contribution in [1.82, 2.24) is 4.98 Å². The number of rotatable bonds is 9. The van der Waals surface area contributed by atoms with E-state index >= 15 is 0 Å². The summed E-state index contributed by atoms with van der Waals surface area (Å²) in [5.41, 5.74) is 1.36. The zero-order valence-corrected chi connectivity index (χ0v) is 17.1. The second-order valence-electron chi connectivity index (χ2n) is 7.77. The third-order valence-electron chi connectivity index (χ3n) is 4.70. The van der Waals surface area contributed by atoms with E-state index in [1.807, 2.05) is 44.2 Å². The van der Waals surface area contributed by atoms with Crippen molar-refractivity contribution >= 4 is 5.78 Å². The third kappa shape index (κ3) is 6.27. The number of carbonyl (C=O) groups is 1. The van der Waals surface area contributed by atoms with Gasteiger partial charge in [0.15, 0.2) is 17.8 Å². The molecule has 0 aliphatic carbocycles. The predicted octanol–water partition coefficient (Wildman–Crippen LogP) is 4.23. The predicted molar refractivity (Wildman–Crippen MR) is 110 cm³/mol. The zero-order valence-electron chi connectivity index (χ0n) is 17.1. The highest BCUT2D eigenvalue weighted by Crippen LogP contribution is 2.20. The van der Waals surface area contributed by atoms with Gasteiger partial charge >= 0.3 is 0 Å². The Hall–Kier alpha value is -2.44. The van der Waals surface area contributed by atoms with Crippen LogP contribution in [0, 0.1) is 5.92 Å². The Labute approximate surface area is 171 Å². The Balaban J connectivity index is 1.79. The summed E-state index contributed by atoms with van der Waals surface area (Å²) >= 11 is 0. The molecule has 2 aromatic rings. The monoisotopic (exact) mass is 399 g/mol. The number of ether oxygens (including phenoxy) is 3. The highest BCUT2D eigenvalue weighted by molar-refractivity contribution is 5.96. The Morgan fingerprint density at radius 2 is 2.00 bits per heavy atom. The molecule has 6 nitrogen and oxygen atoms in total. The maximum atomic E-state index is 12.8. The molecular formula is C23H29NO5. The Kier molecular flexibility index (Phi) is 7.61. The summed E-state index contributed by atoms with van der Waals surface area (Å²) in [5.74, 6) is 0.0941. The van der Waals surface area contributed by atoms with Gasteiger partial charge in [-0.3, -0.25) is 9.59 Å². The first-order chi connectivity index (χ1) is 14.0. The van der Waals surface area contributed by atoms with Crippen LogP contribution < -0.4 is 10.2 Å². The molecule has 1 fully saturated rings. The van der Waals surface area contributed by atoms with Crippen LogP contribution in [-0.2, 0) is 22.7 Å². The topological polar surface area (TPSA) is 77.6 Å².